The number of aryl methyl sites for hydroxylation is 1. The Labute approximate surface area is 90.4 Å². The lowest BCUT2D eigenvalue weighted by atomic mass is 10.1. The third-order valence-electron chi connectivity index (χ3n) is 2.05. The number of methoxy groups -OCH3 is 1. The normalized spacial score (nSPS) is 10.7. The molecule has 14 heavy (non-hydrogen) atoms. The van der Waals surface area contributed by atoms with Gasteiger partial charge in [0, 0.05) is 17.1 Å². The first-order chi connectivity index (χ1) is 6.54. The van der Waals surface area contributed by atoms with Crippen molar-refractivity contribution in [2.45, 2.75) is 13.5 Å². The first-order valence-electron chi connectivity index (χ1n) is 4.52. The van der Waals surface area contributed by atoms with Gasteiger partial charge in [-0.2, -0.15) is 0 Å². The zero-order valence-electron chi connectivity index (χ0n) is 9.10. The molecule has 1 aromatic carbocycles. The smallest absolute Gasteiger partial charge is 0.123 e. The molecule has 0 aromatic heterocycles. The molecule has 3 heteroatoms. The third kappa shape index (κ3) is 2.63. The maximum absolute atomic E-state index is 6.05. The van der Waals surface area contributed by atoms with Gasteiger partial charge >= 0.3 is 0 Å². The first-order valence-corrected chi connectivity index (χ1v) is 4.90. The van der Waals surface area contributed by atoms with Crippen molar-refractivity contribution in [3.63, 3.8) is 0 Å². The standard InChI is InChI=1S/C11H16ClNO/c1-8-5-11(14-4)9(6-10(8)12)7-13(2)3/h5-6H,7H2,1-4H3. The van der Waals surface area contributed by atoms with Gasteiger partial charge in [-0.05, 0) is 38.7 Å². The summed E-state index contributed by atoms with van der Waals surface area (Å²) in [6.45, 7) is 2.81. The van der Waals surface area contributed by atoms with Crippen LogP contribution < -0.4 is 4.74 Å². The number of ether oxygens (including phenoxy) is 1. The van der Waals surface area contributed by atoms with Crippen LogP contribution in [0.2, 0.25) is 5.02 Å². The first kappa shape index (κ1) is 11.3. The summed E-state index contributed by atoms with van der Waals surface area (Å²) in [5, 5.41) is 0.794. The van der Waals surface area contributed by atoms with Crippen LogP contribution in [0.25, 0.3) is 0 Å². The average Bonchev–Trinajstić information content (AvgIpc) is 2.10. The monoisotopic (exact) mass is 213 g/mol. The van der Waals surface area contributed by atoms with E-state index in [1.165, 1.54) is 0 Å². The second-order valence-corrected chi connectivity index (χ2v) is 4.06. The Morgan fingerprint density at radius 2 is 2.00 bits per heavy atom. The van der Waals surface area contributed by atoms with Gasteiger partial charge in [-0.3, -0.25) is 0 Å². The predicted molar refractivity (Wildman–Crippen MR) is 60.1 cm³/mol. The Hall–Kier alpha value is -0.730. The Balaban J connectivity index is 3.07. The van der Waals surface area contributed by atoms with Crippen LogP contribution in [0.15, 0.2) is 12.1 Å². The maximum Gasteiger partial charge on any atom is 0.123 e. The molecule has 0 saturated heterocycles. The van der Waals surface area contributed by atoms with Crippen molar-refractivity contribution in [3.05, 3.63) is 28.3 Å². The molecule has 0 aliphatic rings. The second kappa shape index (κ2) is 4.67. The van der Waals surface area contributed by atoms with Crippen molar-refractivity contribution < 1.29 is 4.74 Å². The highest BCUT2D eigenvalue weighted by Gasteiger charge is 2.07. The van der Waals surface area contributed by atoms with Crippen LogP contribution in [0.5, 0.6) is 5.75 Å². The van der Waals surface area contributed by atoms with Gasteiger partial charge < -0.3 is 9.64 Å². The van der Waals surface area contributed by atoms with Gasteiger partial charge in [-0.25, -0.2) is 0 Å². The lowest BCUT2D eigenvalue weighted by molar-refractivity contribution is 0.371. The number of rotatable bonds is 3. The summed E-state index contributed by atoms with van der Waals surface area (Å²) < 4.78 is 5.30. The summed E-state index contributed by atoms with van der Waals surface area (Å²) in [7, 11) is 5.72. The Morgan fingerprint density at radius 1 is 1.36 bits per heavy atom. The predicted octanol–water partition coefficient (Wildman–Crippen LogP) is 2.72. The van der Waals surface area contributed by atoms with Crippen LogP contribution in [0.3, 0.4) is 0 Å². The van der Waals surface area contributed by atoms with Crippen LogP contribution in [-0.4, -0.2) is 26.1 Å². The van der Waals surface area contributed by atoms with E-state index in [0.29, 0.717) is 0 Å². The summed E-state index contributed by atoms with van der Waals surface area (Å²) in [6, 6.07) is 3.94. The van der Waals surface area contributed by atoms with E-state index < -0.39 is 0 Å². The SMILES string of the molecule is COc1cc(C)c(Cl)cc1CN(C)C. The maximum atomic E-state index is 6.05. The van der Waals surface area contributed by atoms with Crippen LogP contribution in [0.4, 0.5) is 0 Å². The fraction of sp³-hybridized carbons (Fsp3) is 0.455. The molecule has 0 aliphatic heterocycles. The molecule has 1 aromatic rings. The van der Waals surface area contributed by atoms with E-state index in [4.69, 9.17) is 16.3 Å². The molecule has 0 saturated carbocycles. The molecule has 78 valence electrons. The summed E-state index contributed by atoms with van der Waals surface area (Å²) in [4.78, 5) is 2.09. The van der Waals surface area contributed by atoms with Gasteiger partial charge in [0.05, 0.1) is 7.11 Å². The molecule has 0 atom stereocenters. The number of benzene rings is 1. The Bertz CT molecular complexity index is 323. The minimum absolute atomic E-state index is 0.794. The van der Waals surface area contributed by atoms with Crippen molar-refractivity contribution in [3.8, 4) is 5.75 Å². The van der Waals surface area contributed by atoms with Gasteiger partial charge in [0.15, 0.2) is 0 Å². The van der Waals surface area contributed by atoms with Gasteiger partial charge in [0.1, 0.15) is 5.75 Å². The molecule has 0 unspecified atom stereocenters. The molecule has 0 bridgehead atoms. The minimum Gasteiger partial charge on any atom is -0.496 e. The topological polar surface area (TPSA) is 12.5 Å². The van der Waals surface area contributed by atoms with Crippen LogP contribution >= 0.6 is 11.6 Å². The molecule has 0 radical (unpaired) electrons. The molecule has 0 fully saturated rings. The number of hydrogen-bond acceptors (Lipinski definition) is 2. The van der Waals surface area contributed by atoms with Crippen molar-refractivity contribution in [1.82, 2.24) is 4.90 Å². The average molecular weight is 214 g/mol. The van der Waals surface area contributed by atoms with Gasteiger partial charge in [0.25, 0.3) is 0 Å². The van der Waals surface area contributed by atoms with Gasteiger partial charge in [0.2, 0.25) is 0 Å². The van der Waals surface area contributed by atoms with Crippen LogP contribution in [-0.2, 0) is 6.54 Å². The van der Waals surface area contributed by atoms with Gasteiger partial charge in [-0.1, -0.05) is 11.6 Å². The molecule has 0 spiro atoms. The summed E-state index contributed by atoms with van der Waals surface area (Å²) >= 11 is 6.05. The molecule has 2 nitrogen and oxygen atoms in total. The third-order valence-corrected chi connectivity index (χ3v) is 2.46. The van der Waals surface area contributed by atoms with E-state index in [2.05, 4.69) is 4.90 Å². The molecule has 0 amide bonds. The fourth-order valence-electron chi connectivity index (χ4n) is 1.35. The van der Waals surface area contributed by atoms with E-state index in [1.807, 2.05) is 33.2 Å². The van der Waals surface area contributed by atoms with E-state index in [-0.39, 0.29) is 0 Å². The highest BCUT2D eigenvalue weighted by atomic mass is 35.5. The number of halogens is 1. The van der Waals surface area contributed by atoms with Crippen molar-refractivity contribution in [2.24, 2.45) is 0 Å². The van der Waals surface area contributed by atoms with E-state index in [1.54, 1.807) is 7.11 Å². The van der Waals surface area contributed by atoms with E-state index in [9.17, 15) is 0 Å². The Morgan fingerprint density at radius 3 is 2.50 bits per heavy atom. The number of nitrogens with zero attached hydrogens (tertiary/aromatic N) is 1. The minimum atomic E-state index is 0.794. The Kier molecular flexibility index (Phi) is 3.78. The highest BCUT2D eigenvalue weighted by molar-refractivity contribution is 6.31. The quantitative estimate of drug-likeness (QED) is 0.766. The molecular formula is C11H16ClNO. The zero-order valence-corrected chi connectivity index (χ0v) is 9.85. The summed E-state index contributed by atoms with van der Waals surface area (Å²) in [5.41, 5.74) is 2.17. The van der Waals surface area contributed by atoms with Gasteiger partial charge in [-0.15, -0.1) is 0 Å². The largest absolute Gasteiger partial charge is 0.496 e. The highest BCUT2D eigenvalue weighted by Crippen LogP contribution is 2.27. The zero-order chi connectivity index (χ0) is 10.7. The summed E-state index contributed by atoms with van der Waals surface area (Å²) in [5.74, 6) is 0.903. The van der Waals surface area contributed by atoms with E-state index >= 15 is 0 Å². The molecule has 1 rings (SSSR count). The molecular weight excluding hydrogens is 198 g/mol. The lowest BCUT2D eigenvalue weighted by Gasteiger charge is -2.14. The molecule has 0 heterocycles. The molecule has 0 N–H and O–H groups in total. The van der Waals surface area contributed by atoms with Crippen molar-refractivity contribution >= 4 is 11.6 Å². The van der Waals surface area contributed by atoms with Crippen molar-refractivity contribution in [2.75, 3.05) is 21.2 Å². The lowest BCUT2D eigenvalue weighted by Crippen LogP contribution is -2.11. The van der Waals surface area contributed by atoms with Crippen LogP contribution in [0.1, 0.15) is 11.1 Å². The molecule has 0 aliphatic carbocycles. The van der Waals surface area contributed by atoms with Crippen molar-refractivity contribution in [1.29, 1.82) is 0 Å². The second-order valence-electron chi connectivity index (χ2n) is 3.65. The van der Waals surface area contributed by atoms with Crippen LogP contribution in [0, 0.1) is 6.92 Å². The van der Waals surface area contributed by atoms with E-state index in [0.717, 1.165) is 28.4 Å². The fourth-order valence-corrected chi connectivity index (χ4v) is 1.54. The summed E-state index contributed by atoms with van der Waals surface area (Å²) in [6.07, 6.45) is 0. The number of hydrogen-bond donors (Lipinski definition) is 0.